The zero-order valence-corrected chi connectivity index (χ0v) is 15.9. The van der Waals surface area contributed by atoms with Gasteiger partial charge >= 0.3 is 0 Å². The number of pyridine rings is 1. The third-order valence-electron chi connectivity index (χ3n) is 4.40. The lowest BCUT2D eigenvalue weighted by Gasteiger charge is -2.00. The molecule has 0 radical (unpaired) electrons. The highest BCUT2D eigenvalue weighted by Gasteiger charge is 2.11. The minimum absolute atomic E-state index is 0.262. The third-order valence-corrected chi connectivity index (χ3v) is 4.40. The Hall–Kier alpha value is -4.06. The van der Waals surface area contributed by atoms with E-state index in [9.17, 15) is 4.79 Å². The first kappa shape index (κ1) is 18.3. The van der Waals surface area contributed by atoms with Crippen LogP contribution in [0.1, 0.15) is 21.5 Å². The van der Waals surface area contributed by atoms with E-state index in [2.05, 4.69) is 15.5 Å². The molecule has 1 N–H and O–H groups in total. The number of aromatic nitrogens is 3. The van der Waals surface area contributed by atoms with Crippen LogP contribution in [0.4, 0.5) is 0 Å². The van der Waals surface area contributed by atoms with Crippen LogP contribution in [0.2, 0.25) is 0 Å². The SMILES string of the molecule is Cc1ccc(C(=O)N/N=C\c2cn(-c3ccccc3)nc2-c2ccncc2)cc1. The number of hydrogen-bond donors (Lipinski definition) is 1. The highest BCUT2D eigenvalue weighted by atomic mass is 16.2. The molecule has 6 heteroatoms. The van der Waals surface area contributed by atoms with Crippen molar-refractivity contribution in [1.29, 1.82) is 0 Å². The van der Waals surface area contributed by atoms with Crippen LogP contribution in [0, 0.1) is 6.92 Å². The highest BCUT2D eigenvalue weighted by Crippen LogP contribution is 2.22. The van der Waals surface area contributed by atoms with Crippen LogP contribution in [0.3, 0.4) is 0 Å². The zero-order chi connectivity index (χ0) is 20.1. The molecule has 29 heavy (non-hydrogen) atoms. The predicted molar refractivity (Wildman–Crippen MR) is 113 cm³/mol. The van der Waals surface area contributed by atoms with Crippen molar-refractivity contribution in [3.05, 3.63) is 102 Å². The maximum atomic E-state index is 12.3. The number of nitrogens with zero attached hydrogens (tertiary/aromatic N) is 4. The van der Waals surface area contributed by atoms with E-state index in [0.717, 1.165) is 28.1 Å². The highest BCUT2D eigenvalue weighted by molar-refractivity contribution is 5.95. The summed E-state index contributed by atoms with van der Waals surface area (Å²) in [6, 6.07) is 20.9. The first-order valence-electron chi connectivity index (χ1n) is 9.16. The van der Waals surface area contributed by atoms with E-state index in [0.29, 0.717) is 5.56 Å². The number of nitrogens with one attached hydrogen (secondary N) is 1. The molecule has 0 aliphatic heterocycles. The molecule has 2 aromatic carbocycles. The number of hydrogen-bond acceptors (Lipinski definition) is 4. The standard InChI is InChI=1S/C23H19N5O/c1-17-7-9-19(10-8-17)23(29)26-25-15-20-16-28(21-5-3-2-4-6-21)27-22(20)18-11-13-24-14-12-18/h2-16H,1H3,(H,26,29)/b25-15-. The van der Waals surface area contributed by atoms with Crippen LogP contribution < -0.4 is 5.43 Å². The van der Waals surface area contributed by atoms with E-state index in [1.807, 2.05) is 67.7 Å². The van der Waals surface area contributed by atoms with Gasteiger partial charge < -0.3 is 0 Å². The summed E-state index contributed by atoms with van der Waals surface area (Å²) >= 11 is 0. The van der Waals surface area contributed by atoms with Gasteiger partial charge in [-0.3, -0.25) is 9.78 Å². The second-order valence-electron chi connectivity index (χ2n) is 6.51. The van der Waals surface area contributed by atoms with E-state index in [1.54, 1.807) is 35.4 Å². The molecule has 0 unspecified atom stereocenters. The van der Waals surface area contributed by atoms with Gasteiger partial charge in [0.15, 0.2) is 0 Å². The van der Waals surface area contributed by atoms with E-state index in [4.69, 9.17) is 5.10 Å². The summed E-state index contributed by atoms with van der Waals surface area (Å²) in [6.45, 7) is 1.98. The molecule has 0 aliphatic rings. The maximum absolute atomic E-state index is 12.3. The van der Waals surface area contributed by atoms with Crippen LogP contribution >= 0.6 is 0 Å². The van der Waals surface area contributed by atoms with Gasteiger partial charge in [0.1, 0.15) is 5.69 Å². The van der Waals surface area contributed by atoms with E-state index < -0.39 is 0 Å². The van der Waals surface area contributed by atoms with Crippen LogP contribution in [0.25, 0.3) is 16.9 Å². The molecule has 1 amide bonds. The number of hydrazone groups is 1. The van der Waals surface area contributed by atoms with Crippen molar-refractivity contribution >= 4 is 12.1 Å². The quantitative estimate of drug-likeness (QED) is 0.419. The second-order valence-corrected chi connectivity index (χ2v) is 6.51. The first-order chi connectivity index (χ1) is 14.2. The lowest BCUT2D eigenvalue weighted by atomic mass is 10.1. The summed E-state index contributed by atoms with van der Waals surface area (Å²) < 4.78 is 1.79. The Kier molecular flexibility index (Phi) is 5.25. The van der Waals surface area contributed by atoms with Crippen LogP contribution in [0.15, 0.2) is 90.4 Å². The van der Waals surface area contributed by atoms with Gasteiger partial charge in [0.05, 0.1) is 11.9 Å². The Morgan fingerprint density at radius 2 is 1.72 bits per heavy atom. The lowest BCUT2D eigenvalue weighted by molar-refractivity contribution is 0.0955. The molecule has 0 aliphatic carbocycles. The Morgan fingerprint density at radius 3 is 2.45 bits per heavy atom. The molecule has 2 aromatic heterocycles. The maximum Gasteiger partial charge on any atom is 0.271 e. The Bertz CT molecular complexity index is 1130. The number of benzene rings is 2. The molecule has 4 rings (SSSR count). The van der Waals surface area contributed by atoms with Crippen molar-refractivity contribution in [3.63, 3.8) is 0 Å². The second kappa shape index (κ2) is 8.31. The molecule has 0 spiro atoms. The molecule has 0 saturated carbocycles. The lowest BCUT2D eigenvalue weighted by Crippen LogP contribution is -2.17. The summed E-state index contributed by atoms with van der Waals surface area (Å²) in [4.78, 5) is 16.3. The topological polar surface area (TPSA) is 72.2 Å². The average molecular weight is 381 g/mol. The molecule has 2 heterocycles. The van der Waals surface area contributed by atoms with Crippen LogP contribution in [-0.4, -0.2) is 26.9 Å². The molecule has 142 valence electrons. The number of amides is 1. The number of aryl methyl sites for hydroxylation is 1. The Balaban J connectivity index is 1.61. The van der Waals surface area contributed by atoms with Crippen molar-refractivity contribution in [1.82, 2.24) is 20.2 Å². The van der Waals surface area contributed by atoms with Gasteiger partial charge in [-0.15, -0.1) is 0 Å². The largest absolute Gasteiger partial charge is 0.271 e. The van der Waals surface area contributed by atoms with Crippen LogP contribution in [0.5, 0.6) is 0 Å². The first-order valence-corrected chi connectivity index (χ1v) is 9.16. The molecule has 0 bridgehead atoms. The number of para-hydroxylation sites is 1. The van der Waals surface area contributed by atoms with E-state index >= 15 is 0 Å². The van der Waals surface area contributed by atoms with Gasteiger partial charge in [0.2, 0.25) is 0 Å². The third kappa shape index (κ3) is 4.27. The number of rotatable bonds is 5. The van der Waals surface area contributed by atoms with Crippen LogP contribution in [-0.2, 0) is 0 Å². The van der Waals surface area contributed by atoms with Gasteiger partial charge in [-0.25, -0.2) is 10.1 Å². The van der Waals surface area contributed by atoms with Crippen molar-refractivity contribution < 1.29 is 4.79 Å². The molecular formula is C23H19N5O. The zero-order valence-electron chi connectivity index (χ0n) is 15.9. The normalized spacial score (nSPS) is 10.9. The summed E-state index contributed by atoms with van der Waals surface area (Å²) in [5.41, 5.74) is 7.62. The van der Waals surface area contributed by atoms with Crippen molar-refractivity contribution in [2.24, 2.45) is 5.10 Å². The summed E-state index contributed by atoms with van der Waals surface area (Å²) in [6.07, 6.45) is 6.93. The van der Waals surface area contributed by atoms with Gasteiger partial charge in [-0.05, 0) is 43.3 Å². The van der Waals surface area contributed by atoms with Crippen molar-refractivity contribution in [3.8, 4) is 16.9 Å². The molecule has 0 atom stereocenters. The summed E-state index contributed by atoms with van der Waals surface area (Å²) in [7, 11) is 0. The van der Waals surface area contributed by atoms with E-state index in [-0.39, 0.29) is 5.91 Å². The molecule has 6 nitrogen and oxygen atoms in total. The minimum atomic E-state index is -0.262. The van der Waals surface area contributed by atoms with Gasteiger partial charge in [0, 0.05) is 35.3 Å². The summed E-state index contributed by atoms with van der Waals surface area (Å²) in [5.74, 6) is -0.262. The van der Waals surface area contributed by atoms with Gasteiger partial charge in [0.25, 0.3) is 5.91 Å². The molecule has 4 aromatic rings. The van der Waals surface area contributed by atoms with E-state index in [1.165, 1.54) is 0 Å². The average Bonchev–Trinajstić information content (AvgIpc) is 3.19. The van der Waals surface area contributed by atoms with Gasteiger partial charge in [-0.2, -0.15) is 10.2 Å². The minimum Gasteiger partial charge on any atom is -0.267 e. The molecule has 0 saturated heterocycles. The number of carbonyl (C=O) groups excluding carboxylic acids is 1. The van der Waals surface area contributed by atoms with Gasteiger partial charge in [-0.1, -0.05) is 35.9 Å². The fraction of sp³-hybridized carbons (Fsp3) is 0.0435. The predicted octanol–water partition coefficient (Wildman–Crippen LogP) is 4.01. The Labute approximate surface area is 168 Å². The monoisotopic (exact) mass is 381 g/mol. The van der Waals surface area contributed by atoms with Crippen molar-refractivity contribution in [2.75, 3.05) is 0 Å². The smallest absolute Gasteiger partial charge is 0.267 e. The Morgan fingerprint density at radius 1 is 1.00 bits per heavy atom. The number of carbonyl (C=O) groups is 1. The summed E-state index contributed by atoms with van der Waals surface area (Å²) in [5, 5.41) is 8.84. The fourth-order valence-corrected chi connectivity index (χ4v) is 2.86. The fourth-order valence-electron chi connectivity index (χ4n) is 2.86. The van der Waals surface area contributed by atoms with Crippen molar-refractivity contribution in [2.45, 2.75) is 6.92 Å². The molecular weight excluding hydrogens is 362 g/mol. The molecule has 0 fully saturated rings.